The highest BCUT2D eigenvalue weighted by molar-refractivity contribution is 8.03. The fourth-order valence-corrected chi connectivity index (χ4v) is 4.31. The minimum Gasteiger partial charge on any atom is -0.488 e. The topological polar surface area (TPSA) is 53.1 Å². The maximum absolute atomic E-state index is 12.8. The van der Waals surface area contributed by atoms with Crippen LogP contribution >= 0.6 is 11.8 Å². The van der Waals surface area contributed by atoms with E-state index in [1.807, 2.05) is 18.3 Å². The van der Waals surface area contributed by atoms with Gasteiger partial charge in [0.15, 0.2) is 0 Å². The van der Waals surface area contributed by atoms with Crippen LogP contribution in [0.25, 0.3) is 11.0 Å². The zero-order valence-electron chi connectivity index (χ0n) is 19.9. The lowest BCUT2D eigenvalue weighted by molar-refractivity contribution is -0.0930. The number of nitrogens with two attached hydrogens (primary N) is 1. The van der Waals surface area contributed by atoms with E-state index in [4.69, 9.17) is 10.5 Å². The van der Waals surface area contributed by atoms with Crippen molar-refractivity contribution in [1.29, 1.82) is 0 Å². The van der Waals surface area contributed by atoms with Gasteiger partial charge in [0.25, 0.3) is 0 Å². The summed E-state index contributed by atoms with van der Waals surface area (Å²) < 4.78 is 46.1. The molecule has 2 aromatic rings. The highest BCUT2D eigenvalue weighted by Crippen LogP contribution is 2.29. The van der Waals surface area contributed by atoms with Crippen LogP contribution in [-0.2, 0) is 6.54 Å². The first-order valence-electron chi connectivity index (χ1n) is 11.5. The standard InChI is InChI=1S/C26H34F3N3OS/c1-4-7-12-23(30)24(34-16-10-8-9-11-21(6-3)26(27,28)29)19-32-14-13-20-17-22(33-15-5-2)18-31-25(20)32/h5-6,8-9,13-14,17-18H,2,4,7,10-12,15-16,19,30H2,1,3H3/b9-8-,21-6+,24-23-. The van der Waals surface area contributed by atoms with Gasteiger partial charge in [-0.05, 0) is 44.7 Å². The molecule has 0 bridgehead atoms. The molecule has 0 radical (unpaired) electrons. The van der Waals surface area contributed by atoms with E-state index in [2.05, 4.69) is 23.1 Å². The van der Waals surface area contributed by atoms with Crippen LogP contribution in [0.5, 0.6) is 5.75 Å². The second kappa shape index (κ2) is 13.9. The Morgan fingerprint density at radius 3 is 2.79 bits per heavy atom. The van der Waals surface area contributed by atoms with Gasteiger partial charge in [-0.2, -0.15) is 13.2 Å². The fraction of sp³-hybridized carbons (Fsp3) is 0.423. The molecule has 0 aliphatic carbocycles. The molecule has 2 N–H and O–H groups in total. The van der Waals surface area contributed by atoms with E-state index in [1.165, 1.54) is 6.92 Å². The van der Waals surface area contributed by atoms with Gasteiger partial charge in [-0.1, -0.05) is 44.2 Å². The smallest absolute Gasteiger partial charge is 0.412 e. The van der Waals surface area contributed by atoms with Crippen LogP contribution in [0.2, 0.25) is 0 Å². The summed E-state index contributed by atoms with van der Waals surface area (Å²) in [5.74, 6) is 1.43. The van der Waals surface area contributed by atoms with Crippen LogP contribution in [0.1, 0.15) is 46.0 Å². The molecule has 0 aromatic carbocycles. The molecule has 0 saturated heterocycles. The van der Waals surface area contributed by atoms with Crippen molar-refractivity contribution < 1.29 is 17.9 Å². The highest BCUT2D eigenvalue weighted by Gasteiger charge is 2.31. The predicted molar refractivity (Wildman–Crippen MR) is 137 cm³/mol. The average molecular weight is 494 g/mol. The Labute approximate surface area is 204 Å². The first-order chi connectivity index (χ1) is 16.3. The molecule has 8 heteroatoms. The average Bonchev–Trinajstić information content (AvgIpc) is 3.20. The number of thioether (sulfide) groups is 1. The Bertz CT molecular complexity index is 1020. The van der Waals surface area contributed by atoms with Crippen LogP contribution in [-0.4, -0.2) is 28.1 Å². The number of allylic oxidation sites excluding steroid dienone is 6. The number of pyridine rings is 1. The van der Waals surface area contributed by atoms with Crippen molar-refractivity contribution >= 4 is 22.8 Å². The maximum Gasteiger partial charge on any atom is 0.412 e. The van der Waals surface area contributed by atoms with Crippen LogP contribution in [0, 0.1) is 0 Å². The van der Waals surface area contributed by atoms with Gasteiger partial charge < -0.3 is 15.0 Å². The van der Waals surface area contributed by atoms with Crippen LogP contribution < -0.4 is 10.5 Å². The Hall–Kier alpha value is -2.61. The van der Waals surface area contributed by atoms with E-state index < -0.39 is 11.7 Å². The number of rotatable bonds is 14. The van der Waals surface area contributed by atoms with Crippen LogP contribution in [0.3, 0.4) is 0 Å². The molecule has 0 fully saturated rings. The number of aromatic nitrogens is 2. The number of halogens is 3. The summed E-state index contributed by atoms with van der Waals surface area (Å²) in [6, 6.07) is 3.94. The molecule has 0 aliphatic heterocycles. The summed E-state index contributed by atoms with van der Waals surface area (Å²) >= 11 is 1.65. The van der Waals surface area contributed by atoms with Gasteiger partial charge in [0.2, 0.25) is 0 Å². The van der Waals surface area contributed by atoms with Gasteiger partial charge in [0.05, 0.1) is 12.7 Å². The molecule has 2 aromatic heterocycles. The largest absolute Gasteiger partial charge is 0.488 e. The van der Waals surface area contributed by atoms with Gasteiger partial charge in [-0.15, -0.1) is 11.8 Å². The van der Waals surface area contributed by atoms with E-state index in [1.54, 1.807) is 36.2 Å². The first kappa shape index (κ1) is 27.6. The molecule has 2 rings (SSSR count). The maximum atomic E-state index is 12.8. The van der Waals surface area contributed by atoms with Gasteiger partial charge in [-0.3, -0.25) is 0 Å². The number of fused-ring (bicyclic) bond motifs is 1. The summed E-state index contributed by atoms with van der Waals surface area (Å²) in [5, 5.41) is 0.977. The highest BCUT2D eigenvalue weighted by atomic mass is 32.2. The molecule has 2 heterocycles. The SMILES string of the molecule is C=CCOc1cnc2c(ccn2C/C(SCC/C=C\C/C(=C\C)C(F)(F)F)=C(/N)CCCC)c1. The molecular formula is C26H34F3N3OS. The zero-order valence-corrected chi connectivity index (χ0v) is 20.7. The van der Waals surface area contributed by atoms with Crippen molar-refractivity contribution in [2.45, 2.75) is 58.7 Å². The Balaban J connectivity index is 2.05. The summed E-state index contributed by atoms with van der Waals surface area (Å²) in [5.41, 5.74) is 7.62. The predicted octanol–water partition coefficient (Wildman–Crippen LogP) is 7.54. The molecule has 0 aliphatic rings. The van der Waals surface area contributed by atoms with Crippen molar-refractivity contribution in [3.8, 4) is 5.75 Å². The fourth-order valence-electron chi connectivity index (χ4n) is 3.30. The van der Waals surface area contributed by atoms with E-state index in [0.29, 0.717) is 25.3 Å². The third-order valence-corrected chi connectivity index (χ3v) is 6.37. The quantitative estimate of drug-likeness (QED) is 0.218. The molecule has 0 saturated carbocycles. The third kappa shape index (κ3) is 8.63. The van der Waals surface area contributed by atoms with Crippen molar-refractivity contribution in [2.75, 3.05) is 12.4 Å². The lowest BCUT2D eigenvalue weighted by Gasteiger charge is -2.13. The van der Waals surface area contributed by atoms with Gasteiger partial charge in [0, 0.05) is 33.5 Å². The molecule has 0 spiro atoms. The molecule has 0 amide bonds. The van der Waals surface area contributed by atoms with E-state index in [-0.39, 0.29) is 6.42 Å². The number of nitrogens with zero attached hydrogens (tertiary/aromatic N) is 2. The van der Waals surface area contributed by atoms with E-state index in [9.17, 15) is 13.2 Å². The van der Waals surface area contributed by atoms with Crippen molar-refractivity contribution in [3.63, 3.8) is 0 Å². The van der Waals surface area contributed by atoms with Gasteiger partial charge >= 0.3 is 6.18 Å². The molecular weight excluding hydrogens is 459 g/mol. The van der Waals surface area contributed by atoms with E-state index >= 15 is 0 Å². The number of unbranched alkanes of at least 4 members (excludes halogenated alkanes) is 1. The normalized spacial score (nSPS) is 13.5. The molecule has 4 nitrogen and oxygen atoms in total. The lowest BCUT2D eigenvalue weighted by atomic mass is 10.1. The number of alkyl halides is 3. The Morgan fingerprint density at radius 1 is 1.32 bits per heavy atom. The monoisotopic (exact) mass is 493 g/mol. The minimum absolute atomic E-state index is 0.106. The van der Waals surface area contributed by atoms with E-state index in [0.717, 1.165) is 52.7 Å². The molecule has 0 unspecified atom stereocenters. The minimum atomic E-state index is -4.27. The summed E-state index contributed by atoms with van der Waals surface area (Å²) in [6.45, 7) is 8.22. The number of hydrogen-bond donors (Lipinski definition) is 1. The summed E-state index contributed by atoms with van der Waals surface area (Å²) in [7, 11) is 0. The van der Waals surface area contributed by atoms with Crippen LogP contribution in [0.4, 0.5) is 13.2 Å². The summed E-state index contributed by atoms with van der Waals surface area (Å²) in [6.07, 6.45) is 9.05. The summed E-state index contributed by atoms with van der Waals surface area (Å²) in [4.78, 5) is 5.62. The van der Waals surface area contributed by atoms with Crippen molar-refractivity contribution in [1.82, 2.24) is 9.55 Å². The number of hydrogen-bond acceptors (Lipinski definition) is 4. The Morgan fingerprint density at radius 2 is 2.12 bits per heavy atom. The first-order valence-corrected chi connectivity index (χ1v) is 12.4. The Kier molecular flexibility index (Phi) is 11.3. The third-order valence-electron chi connectivity index (χ3n) is 5.19. The molecule has 186 valence electrons. The van der Waals surface area contributed by atoms with Crippen molar-refractivity contribution in [3.05, 3.63) is 71.6 Å². The van der Waals surface area contributed by atoms with Crippen molar-refractivity contribution in [2.24, 2.45) is 5.73 Å². The van der Waals surface area contributed by atoms with Gasteiger partial charge in [0.1, 0.15) is 18.0 Å². The zero-order chi connectivity index (χ0) is 25.0. The molecule has 0 atom stereocenters. The second-order valence-corrected chi connectivity index (χ2v) is 8.99. The van der Waals surface area contributed by atoms with Gasteiger partial charge in [-0.25, -0.2) is 4.98 Å². The second-order valence-electron chi connectivity index (χ2n) is 7.80. The molecule has 34 heavy (non-hydrogen) atoms. The lowest BCUT2D eigenvalue weighted by Crippen LogP contribution is -2.10. The number of ether oxygens (including phenoxy) is 1. The van der Waals surface area contributed by atoms with Crippen LogP contribution in [0.15, 0.2) is 71.6 Å².